The number of nitrogens with zero attached hydrogens (tertiary/aromatic N) is 1. The van der Waals surface area contributed by atoms with Gasteiger partial charge in [-0.15, -0.1) is 0 Å². The molecule has 2 heterocycles. The summed E-state index contributed by atoms with van der Waals surface area (Å²) in [5.74, 6) is 0. The first kappa shape index (κ1) is 25.1. The quantitative estimate of drug-likeness (QED) is 0.438. The normalized spacial score (nSPS) is 24.8. The number of benzene rings is 3. The van der Waals surface area contributed by atoms with Gasteiger partial charge in [0.2, 0.25) is 0 Å². The second kappa shape index (κ2) is 11.6. The van der Waals surface area contributed by atoms with Crippen molar-refractivity contribution >= 4 is 0 Å². The molecule has 2 aliphatic rings. The first-order valence-corrected chi connectivity index (χ1v) is 12.9. The van der Waals surface area contributed by atoms with Crippen molar-refractivity contribution in [1.29, 1.82) is 0 Å². The Hall–Kier alpha value is -2.58. The van der Waals surface area contributed by atoms with Crippen molar-refractivity contribution in [3.63, 3.8) is 0 Å². The minimum atomic E-state index is -0.486. The summed E-state index contributed by atoms with van der Waals surface area (Å²) in [6, 6.07) is 24.7. The van der Waals surface area contributed by atoms with E-state index in [9.17, 15) is 10.2 Å². The third-order valence-corrected chi connectivity index (χ3v) is 7.49. The van der Waals surface area contributed by atoms with Gasteiger partial charge in [0.05, 0.1) is 25.4 Å². The lowest BCUT2D eigenvalue weighted by molar-refractivity contribution is -0.253. The molecule has 2 saturated heterocycles. The topological polar surface area (TPSA) is 88.2 Å². The van der Waals surface area contributed by atoms with Crippen LogP contribution in [0.15, 0.2) is 72.8 Å². The fraction of sp³-hybridized carbons (Fsp3) is 0.400. The number of aliphatic hydroxyl groups excluding tert-OH is 2. The molecule has 6 nitrogen and oxygen atoms in total. The van der Waals surface area contributed by atoms with Gasteiger partial charge in [-0.05, 0) is 47.2 Å². The Morgan fingerprint density at radius 1 is 0.889 bits per heavy atom. The van der Waals surface area contributed by atoms with Crippen molar-refractivity contribution < 1.29 is 19.7 Å². The first-order chi connectivity index (χ1) is 17.7. The van der Waals surface area contributed by atoms with Crippen molar-refractivity contribution in [1.82, 2.24) is 4.90 Å². The molecule has 5 rings (SSSR count). The van der Waals surface area contributed by atoms with Crippen LogP contribution in [-0.4, -0.2) is 47.0 Å². The first-order valence-electron chi connectivity index (χ1n) is 12.9. The third-order valence-electron chi connectivity index (χ3n) is 7.49. The van der Waals surface area contributed by atoms with E-state index in [0.717, 1.165) is 65.7 Å². The van der Waals surface area contributed by atoms with Crippen LogP contribution in [-0.2, 0) is 22.6 Å². The van der Waals surface area contributed by atoms with Crippen molar-refractivity contribution in [3.8, 4) is 11.1 Å². The number of rotatable bonds is 8. The zero-order chi connectivity index (χ0) is 24.9. The van der Waals surface area contributed by atoms with Crippen molar-refractivity contribution in [2.45, 2.75) is 57.0 Å². The van der Waals surface area contributed by atoms with Gasteiger partial charge in [-0.25, -0.2) is 0 Å². The molecule has 0 amide bonds. The largest absolute Gasteiger partial charge is 0.395 e. The van der Waals surface area contributed by atoms with Crippen LogP contribution in [0.25, 0.3) is 11.1 Å². The van der Waals surface area contributed by atoms with Crippen LogP contribution in [0.3, 0.4) is 0 Å². The number of aliphatic hydroxyl groups is 2. The molecule has 0 aliphatic carbocycles. The van der Waals surface area contributed by atoms with Crippen molar-refractivity contribution in [3.05, 3.63) is 95.1 Å². The van der Waals surface area contributed by atoms with Gasteiger partial charge in [-0.2, -0.15) is 0 Å². The monoisotopic (exact) mass is 488 g/mol. The molecule has 4 atom stereocenters. The van der Waals surface area contributed by atoms with E-state index in [1.807, 2.05) is 36.4 Å². The maximum Gasteiger partial charge on any atom is 0.184 e. The number of hydrogen-bond acceptors (Lipinski definition) is 6. The van der Waals surface area contributed by atoms with E-state index in [1.165, 1.54) is 0 Å². The van der Waals surface area contributed by atoms with Crippen LogP contribution in [0.4, 0.5) is 0 Å². The smallest absolute Gasteiger partial charge is 0.184 e. The summed E-state index contributed by atoms with van der Waals surface area (Å²) in [4.78, 5) is 2.35. The van der Waals surface area contributed by atoms with Crippen LogP contribution >= 0.6 is 0 Å². The molecule has 190 valence electrons. The highest BCUT2D eigenvalue weighted by Gasteiger charge is 2.35. The fourth-order valence-electron chi connectivity index (χ4n) is 5.44. The Kier molecular flexibility index (Phi) is 8.12. The van der Waals surface area contributed by atoms with Gasteiger partial charge < -0.3 is 25.4 Å². The molecule has 3 aromatic carbocycles. The molecule has 0 aromatic heterocycles. The highest BCUT2D eigenvalue weighted by Crippen LogP contribution is 2.39. The Morgan fingerprint density at radius 3 is 2.36 bits per heavy atom. The minimum absolute atomic E-state index is 0.0175. The zero-order valence-corrected chi connectivity index (χ0v) is 20.6. The predicted octanol–water partition coefficient (Wildman–Crippen LogP) is 4.31. The molecular weight excluding hydrogens is 452 g/mol. The molecule has 6 heteroatoms. The molecule has 2 fully saturated rings. The van der Waals surface area contributed by atoms with Crippen molar-refractivity contribution in [2.75, 3.05) is 19.7 Å². The summed E-state index contributed by atoms with van der Waals surface area (Å²) in [5, 5.41) is 19.2. The molecule has 0 spiro atoms. The maximum atomic E-state index is 9.80. The Labute approximate surface area is 213 Å². The third kappa shape index (κ3) is 5.54. The minimum Gasteiger partial charge on any atom is -0.395 e. The summed E-state index contributed by atoms with van der Waals surface area (Å²) < 4.78 is 13.0. The van der Waals surface area contributed by atoms with Gasteiger partial charge in [0.1, 0.15) is 0 Å². The SMILES string of the molecule is NCc1ccccc1-c1ccc([C@H]2O[C@@H](CN3CCC[C@H]3CO)C[C@@H](c3ccc(CO)cc3)O2)cc1. The molecule has 36 heavy (non-hydrogen) atoms. The maximum absolute atomic E-state index is 9.80. The summed E-state index contributed by atoms with van der Waals surface area (Å²) in [5.41, 5.74) is 12.3. The number of likely N-dealkylation sites (tertiary alicyclic amines) is 1. The van der Waals surface area contributed by atoms with Gasteiger partial charge in [0.15, 0.2) is 6.29 Å². The molecule has 0 radical (unpaired) electrons. The molecule has 0 saturated carbocycles. The lowest BCUT2D eigenvalue weighted by Crippen LogP contribution is -2.42. The van der Waals surface area contributed by atoms with E-state index in [0.29, 0.717) is 6.54 Å². The van der Waals surface area contributed by atoms with Crippen LogP contribution in [0.1, 0.15) is 53.9 Å². The standard InChI is InChI=1S/C30H36N2O4/c31-17-25-4-1-2-6-28(25)22-11-13-24(14-12-22)30-35-27(18-32-15-3-5-26(32)20-34)16-29(36-30)23-9-7-21(19-33)8-10-23/h1-2,4,6-14,26-27,29-30,33-34H,3,5,15-20,31H2/t26-,27+,29-,30-/m0/s1. The highest BCUT2D eigenvalue weighted by molar-refractivity contribution is 5.67. The average molecular weight is 489 g/mol. The van der Waals surface area contributed by atoms with Gasteiger partial charge in [-0.1, -0.05) is 72.8 Å². The van der Waals surface area contributed by atoms with Gasteiger partial charge in [0.25, 0.3) is 0 Å². The molecule has 0 bridgehead atoms. The summed E-state index contributed by atoms with van der Waals surface area (Å²) >= 11 is 0. The van der Waals surface area contributed by atoms with Crippen molar-refractivity contribution in [2.24, 2.45) is 5.73 Å². The van der Waals surface area contributed by atoms with Gasteiger partial charge in [-0.3, -0.25) is 4.90 Å². The Bertz CT molecular complexity index is 1120. The second-order valence-electron chi connectivity index (χ2n) is 9.81. The van der Waals surface area contributed by atoms with E-state index >= 15 is 0 Å². The van der Waals surface area contributed by atoms with Gasteiger partial charge >= 0.3 is 0 Å². The molecular formula is C30H36N2O4. The van der Waals surface area contributed by atoms with E-state index in [1.54, 1.807) is 0 Å². The summed E-state index contributed by atoms with van der Waals surface area (Å²) in [6.45, 7) is 2.47. The van der Waals surface area contributed by atoms with Crippen LogP contribution in [0.5, 0.6) is 0 Å². The average Bonchev–Trinajstić information content (AvgIpc) is 3.40. The lowest BCUT2D eigenvalue weighted by atomic mass is 9.97. The number of ether oxygens (including phenoxy) is 2. The molecule has 2 aliphatic heterocycles. The van der Waals surface area contributed by atoms with Crippen LogP contribution in [0, 0.1) is 0 Å². The zero-order valence-electron chi connectivity index (χ0n) is 20.6. The fourth-order valence-corrected chi connectivity index (χ4v) is 5.44. The van der Waals surface area contributed by atoms with E-state index in [2.05, 4.69) is 41.3 Å². The van der Waals surface area contributed by atoms with E-state index in [-0.39, 0.29) is 31.5 Å². The second-order valence-corrected chi connectivity index (χ2v) is 9.81. The Balaban J connectivity index is 1.38. The highest BCUT2D eigenvalue weighted by atomic mass is 16.7. The van der Waals surface area contributed by atoms with Gasteiger partial charge in [0, 0.05) is 31.1 Å². The van der Waals surface area contributed by atoms with Crippen LogP contribution < -0.4 is 5.73 Å². The Morgan fingerprint density at radius 2 is 1.64 bits per heavy atom. The number of hydrogen-bond donors (Lipinski definition) is 3. The summed E-state index contributed by atoms with van der Waals surface area (Å²) in [6.07, 6.45) is 2.26. The van der Waals surface area contributed by atoms with Crippen LogP contribution in [0.2, 0.25) is 0 Å². The molecule has 3 aromatic rings. The lowest BCUT2D eigenvalue weighted by Gasteiger charge is -2.38. The molecule has 0 unspecified atom stereocenters. The summed E-state index contributed by atoms with van der Waals surface area (Å²) in [7, 11) is 0. The van der Waals surface area contributed by atoms with E-state index < -0.39 is 6.29 Å². The number of nitrogens with two attached hydrogens (primary N) is 1. The molecule has 4 N–H and O–H groups in total. The van der Waals surface area contributed by atoms with E-state index in [4.69, 9.17) is 15.2 Å². The predicted molar refractivity (Wildman–Crippen MR) is 140 cm³/mol.